The van der Waals surface area contributed by atoms with E-state index in [9.17, 15) is 14.9 Å². The Bertz CT molecular complexity index is 795. The van der Waals surface area contributed by atoms with Gasteiger partial charge in [-0.2, -0.15) is 0 Å². The molecule has 0 atom stereocenters. The van der Waals surface area contributed by atoms with Crippen molar-refractivity contribution in [3.8, 4) is 5.75 Å². The molecular weight excluding hydrogens is 352 g/mol. The Morgan fingerprint density at radius 3 is 2.67 bits per heavy atom. The summed E-state index contributed by atoms with van der Waals surface area (Å²) in [6.07, 6.45) is 0. The van der Waals surface area contributed by atoms with Crippen molar-refractivity contribution in [1.82, 2.24) is 5.43 Å². The molecule has 0 saturated carbocycles. The quantitative estimate of drug-likeness (QED) is 0.183. The van der Waals surface area contributed by atoms with Gasteiger partial charge in [0.2, 0.25) is 5.84 Å². The molecule has 9 heteroatoms. The number of nitro groups is 1. The number of carbonyl (C=O) groups excluding carboxylic acids is 1. The van der Waals surface area contributed by atoms with Crippen LogP contribution >= 0.6 is 0 Å². The lowest BCUT2D eigenvalue weighted by Crippen LogP contribution is -2.37. The third kappa shape index (κ3) is 6.65. The molecular formula is C18H20N4O5. The third-order valence-corrected chi connectivity index (χ3v) is 3.22. The summed E-state index contributed by atoms with van der Waals surface area (Å²) < 4.78 is 10.5. The largest absolute Gasteiger partial charge is 0.492 e. The van der Waals surface area contributed by atoms with Gasteiger partial charge in [-0.3, -0.25) is 26.0 Å². The Morgan fingerprint density at radius 1 is 1.19 bits per heavy atom. The van der Waals surface area contributed by atoms with Gasteiger partial charge in [0.15, 0.2) is 0 Å². The highest BCUT2D eigenvalue weighted by molar-refractivity contribution is 6.35. The molecule has 0 unspecified atom stereocenters. The minimum absolute atomic E-state index is 0.0555. The minimum Gasteiger partial charge on any atom is -0.492 e. The molecule has 0 aliphatic carbocycles. The van der Waals surface area contributed by atoms with Crippen LogP contribution in [0.3, 0.4) is 0 Å². The highest BCUT2D eigenvalue weighted by atomic mass is 16.6. The summed E-state index contributed by atoms with van der Waals surface area (Å²) >= 11 is 0. The van der Waals surface area contributed by atoms with Gasteiger partial charge in [-0.1, -0.05) is 24.3 Å². The fourth-order valence-corrected chi connectivity index (χ4v) is 2.02. The minimum atomic E-state index is -0.643. The summed E-state index contributed by atoms with van der Waals surface area (Å²) in [5, 5.41) is 10.8. The number of rotatable bonds is 8. The summed E-state index contributed by atoms with van der Waals surface area (Å²) in [7, 11) is 0. The number of hydrogen-bond acceptors (Lipinski definition) is 7. The van der Waals surface area contributed by atoms with E-state index in [-0.39, 0.29) is 31.3 Å². The van der Waals surface area contributed by atoms with E-state index in [0.29, 0.717) is 11.4 Å². The predicted molar refractivity (Wildman–Crippen MR) is 101 cm³/mol. The Morgan fingerprint density at radius 2 is 1.96 bits per heavy atom. The van der Waals surface area contributed by atoms with E-state index in [1.54, 1.807) is 13.0 Å². The molecule has 2 N–H and O–H groups in total. The van der Waals surface area contributed by atoms with Crippen molar-refractivity contribution in [2.24, 2.45) is 4.99 Å². The maximum atomic E-state index is 12.0. The van der Waals surface area contributed by atoms with Gasteiger partial charge in [-0.15, -0.1) is 0 Å². The lowest BCUT2D eigenvalue weighted by molar-refractivity contribution is -0.384. The van der Waals surface area contributed by atoms with Gasteiger partial charge in [0.25, 0.3) is 5.69 Å². The molecule has 2 aromatic rings. The summed E-state index contributed by atoms with van der Waals surface area (Å²) in [6, 6.07) is 15.1. The number of esters is 1. The summed E-state index contributed by atoms with van der Waals surface area (Å²) in [5.74, 6) is 0.00298. The van der Waals surface area contributed by atoms with Crippen LogP contribution in [-0.4, -0.2) is 36.5 Å². The molecule has 0 saturated heterocycles. The molecule has 0 aliphatic heterocycles. The number of ether oxygens (including phenoxy) is 2. The molecule has 0 bridgehead atoms. The fraction of sp³-hybridized carbons (Fsp3) is 0.222. The van der Waals surface area contributed by atoms with Crippen LogP contribution in [0.1, 0.15) is 6.92 Å². The molecule has 0 amide bonds. The highest BCUT2D eigenvalue weighted by Gasteiger charge is 2.13. The number of aliphatic imine (C=N–C) groups is 1. The van der Waals surface area contributed by atoms with Crippen molar-refractivity contribution in [3.63, 3.8) is 0 Å². The van der Waals surface area contributed by atoms with Crippen LogP contribution in [-0.2, 0) is 9.53 Å². The Kier molecular flexibility index (Phi) is 7.58. The van der Waals surface area contributed by atoms with E-state index in [2.05, 4.69) is 15.8 Å². The number of amidine groups is 1. The number of nitrogens with zero attached hydrogens (tertiary/aromatic N) is 2. The van der Waals surface area contributed by atoms with Crippen LogP contribution in [0.25, 0.3) is 0 Å². The number of carbonyl (C=O) groups is 1. The van der Waals surface area contributed by atoms with Crippen molar-refractivity contribution in [2.45, 2.75) is 6.92 Å². The lowest BCUT2D eigenvalue weighted by atomic mass is 10.3. The zero-order chi connectivity index (χ0) is 19.5. The highest BCUT2D eigenvalue weighted by Crippen LogP contribution is 2.16. The second-order valence-corrected chi connectivity index (χ2v) is 5.17. The van der Waals surface area contributed by atoms with Crippen LogP contribution in [0.15, 0.2) is 59.6 Å². The Labute approximate surface area is 156 Å². The van der Waals surface area contributed by atoms with Crippen LogP contribution in [0, 0.1) is 10.1 Å². The number of nitrogens with one attached hydrogen (secondary N) is 2. The second kappa shape index (κ2) is 10.4. The third-order valence-electron chi connectivity index (χ3n) is 3.22. The smallest absolute Gasteiger partial charge is 0.375 e. The van der Waals surface area contributed by atoms with Gasteiger partial charge in [-0.05, 0) is 25.1 Å². The predicted octanol–water partition coefficient (Wildman–Crippen LogP) is 2.55. The molecule has 0 aromatic heterocycles. The van der Waals surface area contributed by atoms with Gasteiger partial charge >= 0.3 is 5.97 Å². The molecule has 0 spiro atoms. The number of hydrazine groups is 1. The first-order valence-corrected chi connectivity index (χ1v) is 8.26. The van der Waals surface area contributed by atoms with E-state index < -0.39 is 10.9 Å². The van der Waals surface area contributed by atoms with E-state index in [1.807, 2.05) is 30.3 Å². The maximum absolute atomic E-state index is 12.0. The van der Waals surface area contributed by atoms with Crippen LogP contribution < -0.4 is 15.6 Å². The molecule has 9 nitrogen and oxygen atoms in total. The first kappa shape index (κ1) is 19.7. The van der Waals surface area contributed by atoms with Gasteiger partial charge in [0.1, 0.15) is 12.4 Å². The SMILES string of the molecule is CCOC(=O)C(=NCCOc1ccccc1)NNc1cccc([N+](=O)[O-])c1. The van der Waals surface area contributed by atoms with Crippen molar-refractivity contribution in [2.75, 3.05) is 25.2 Å². The molecule has 2 aromatic carbocycles. The summed E-state index contributed by atoms with van der Waals surface area (Å²) in [4.78, 5) is 26.5. The maximum Gasteiger partial charge on any atom is 0.375 e. The van der Waals surface area contributed by atoms with Crippen LogP contribution in [0.5, 0.6) is 5.75 Å². The average molecular weight is 372 g/mol. The zero-order valence-electron chi connectivity index (χ0n) is 14.8. The summed E-state index contributed by atoms with van der Waals surface area (Å²) in [5.41, 5.74) is 5.67. The Balaban J connectivity index is 1.95. The van der Waals surface area contributed by atoms with E-state index >= 15 is 0 Å². The van der Waals surface area contributed by atoms with Gasteiger partial charge in [0, 0.05) is 12.1 Å². The van der Waals surface area contributed by atoms with Crippen LogP contribution in [0.4, 0.5) is 11.4 Å². The molecule has 0 heterocycles. The van der Waals surface area contributed by atoms with Crippen molar-refractivity contribution < 1.29 is 19.2 Å². The van der Waals surface area contributed by atoms with Gasteiger partial charge in [-0.25, -0.2) is 4.79 Å². The number of non-ortho nitro benzene ring substituents is 1. The molecule has 0 radical (unpaired) electrons. The molecule has 0 fully saturated rings. The fourth-order valence-electron chi connectivity index (χ4n) is 2.02. The van der Waals surface area contributed by atoms with Crippen molar-refractivity contribution in [1.29, 1.82) is 0 Å². The van der Waals surface area contributed by atoms with E-state index in [0.717, 1.165) is 0 Å². The Hall–Kier alpha value is -3.62. The summed E-state index contributed by atoms with van der Waals surface area (Å²) in [6.45, 7) is 2.36. The van der Waals surface area contributed by atoms with Crippen molar-refractivity contribution >= 4 is 23.2 Å². The molecule has 0 aliphatic rings. The first-order valence-electron chi connectivity index (χ1n) is 8.26. The normalized spacial score (nSPS) is 10.8. The van der Waals surface area contributed by atoms with E-state index in [4.69, 9.17) is 9.47 Å². The zero-order valence-corrected chi connectivity index (χ0v) is 14.8. The number of anilines is 1. The average Bonchev–Trinajstić information content (AvgIpc) is 2.68. The number of hydrogen-bond donors (Lipinski definition) is 2. The second-order valence-electron chi connectivity index (χ2n) is 5.17. The monoisotopic (exact) mass is 372 g/mol. The number of nitro benzene ring substituents is 1. The molecule has 142 valence electrons. The van der Waals surface area contributed by atoms with Crippen molar-refractivity contribution in [3.05, 3.63) is 64.7 Å². The standard InChI is InChI=1S/C18H20N4O5/c1-2-26-18(23)17(19-11-12-27-16-9-4-3-5-10-16)21-20-14-7-6-8-15(13-14)22(24)25/h3-10,13,20H,2,11-12H2,1H3,(H,19,21). The van der Waals surface area contributed by atoms with Gasteiger partial charge in [0.05, 0.1) is 23.8 Å². The topological polar surface area (TPSA) is 115 Å². The van der Waals surface area contributed by atoms with E-state index in [1.165, 1.54) is 18.2 Å². The first-order chi connectivity index (χ1) is 13.1. The number of benzene rings is 2. The lowest BCUT2D eigenvalue weighted by Gasteiger charge is -2.11. The molecule has 2 rings (SSSR count). The number of para-hydroxylation sites is 1. The molecule has 27 heavy (non-hydrogen) atoms. The van der Waals surface area contributed by atoms with Crippen LogP contribution in [0.2, 0.25) is 0 Å². The van der Waals surface area contributed by atoms with Gasteiger partial charge < -0.3 is 9.47 Å².